The molecule has 0 N–H and O–H groups in total. The van der Waals surface area contributed by atoms with Crippen molar-refractivity contribution in [1.82, 2.24) is 14.7 Å². The van der Waals surface area contributed by atoms with E-state index in [1.165, 1.54) is 83.4 Å². The minimum atomic E-state index is 0.722. The molecule has 0 aliphatic carbocycles. The van der Waals surface area contributed by atoms with E-state index in [0.29, 0.717) is 0 Å². The van der Waals surface area contributed by atoms with Crippen molar-refractivity contribution in [2.45, 2.75) is 51.1 Å². The molecular formula is C25H41N3O2. The number of piperazine rings is 1. The summed E-state index contributed by atoms with van der Waals surface area (Å²) in [7, 11) is 1.74. The number of hydrogen-bond acceptors (Lipinski definition) is 5. The Morgan fingerprint density at radius 3 is 2.73 bits per heavy atom. The van der Waals surface area contributed by atoms with E-state index in [-0.39, 0.29) is 0 Å². The van der Waals surface area contributed by atoms with Crippen LogP contribution in [0, 0.1) is 5.92 Å². The molecule has 2 atom stereocenters. The minimum Gasteiger partial charge on any atom is -0.497 e. The van der Waals surface area contributed by atoms with Crippen molar-refractivity contribution in [3.05, 3.63) is 29.8 Å². The van der Waals surface area contributed by atoms with Crippen molar-refractivity contribution in [2.24, 2.45) is 5.92 Å². The summed E-state index contributed by atoms with van der Waals surface area (Å²) in [5, 5.41) is 0. The lowest BCUT2D eigenvalue weighted by molar-refractivity contribution is -0.00317. The van der Waals surface area contributed by atoms with Gasteiger partial charge < -0.3 is 14.4 Å². The van der Waals surface area contributed by atoms with Crippen LogP contribution in [-0.4, -0.2) is 86.9 Å². The number of nitrogens with zero attached hydrogens (tertiary/aromatic N) is 3. The van der Waals surface area contributed by atoms with Gasteiger partial charge in [-0.15, -0.1) is 0 Å². The maximum absolute atomic E-state index is 6.09. The zero-order chi connectivity index (χ0) is 20.6. The maximum Gasteiger partial charge on any atom is 0.119 e. The molecule has 5 nitrogen and oxygen atoms in total. The molecule has 0 radical (unpaired) electrons. The second-order valence-electron chi connectivity index (χ2n) is 9.51. The van der Waals surface area contributed by atoms with Gasteiger partial charge in [-0.1, -0.05) is 18.6 Å². The Morgan fingerprint density at radius 2 is 1.87 bits per heavy atom. The first-order chi connectivity index (χ1) is 14.8. The Morgan fingerprint density at radius 1 is 0.967 bits per heavy atom. The molecule has 3 aliphatic rings. The van der Waals surface area contributed by atoms with E-state index in [4.69, 9.17) is 9.47 Å². The average Bonchev–Trinajstić information content (AvgIpc) is 2.79. The van der Waals surface area contributed by atoms with Gasteiger partial charge in [0.25, 0.3) is 0 Å². The highest BCUT2D eigenvalue weighted by atomic mass is 16.5. The molecule has 3 aliphatic heterocycles. The van der Waals surface area contributed by atoms with Crippen LogP contribution in [0.25, 0.3) is 0 Å². The zero-order valence-corrected chi connectivity index (χ0v) is 18.9. The van der Waals surface area contributed by atoms with Crippen LogP contribution >= 0.6 is 0 Å². The van der Waals surface area contributed by atoms with Gasteiger partial charge in [0, 0.05) is 51.9 Å². The van der Waals surface area contributed by atoms with Gasteiger partial charge in [-0.05, 0) is 68.8 Å². The van der Waals surface area contributed by atoms with Gasteiger partial charge >= 0.3 is 0 Å². The summed E-state index contributed by atoms with van der Waals surface area (Å²) in [5.41, 5.74) is 1.36. The van der Waals surface area contributed by atoms with Crippen LogP contribution in [0.4, 0.5) is 0 Å². The number of fused-ring (bicyclic) bond motifs is 1. The molecule has 0 bridgehead atoms. The Kier molecular flexibility index (Phi) is 8.44. The number of likely N-dealkylation sites (tertiary alicyclic amines) is 1. The van der Waals surface area contributed by atoms with Crippen LogP contribution in [0.2, 0.25) is 0 Å². The fraction of sp³-hybridized carbons (Fsp3) is 0.760. The topological polar surface area (TPSA) is 28.2 Å². The van der Waals surface area contributed by atoms with E-state index in [1.807, 2.05) is 6.07 Å². The average molecular weight is 416 g/mol. The third-order valence-electron chi connectivity index (χ3n) is 7.20. The fourth-order valence-electron chi connectivity index (χ4n) is 5.45. The van der Waals surface area contributed by atoms with Crippen molar-refractivity contribution in [1.29, 1.82) is 0 Å². The van der Waals surface area contributed by atoms with Gasteiger partial charge in [-0.2, -0.15) is 0 Å². The highest BCUT2D eigenvalue weighted by Crippen LogP contribution is 2.26. The Balaban J connectivity index is 1.12. The van der Waals surface area contributed by atoms with Crippen molar-refractivity contribution in [3.63, 3.8) is 0 Å². The van der Waals surface area contributed by atoms with Crippen LogP contribution in [-0.2, 0) is 11.3 Å². The third-order valence-corrected chi connectivity index (χ3v) is 7.20. The molecular weight excluding hydrogens is 374 g/mol. The van der Waals surface area contributed by atoms with E-state index in [0.717, 1.165) is 44.0 Å². The minimum absolute atomic E-state index is 0.722. The predicted octanol–water partition coefficient (Wildman–Crippen LogP) is 3.48. The molecule has 0 spiro atoms. The first-order valence-electron chi connectivity index (χ1n) is 12.2. The molecule has 0 saturated carbocycles. The Hall–Kier alpha value is -1.14. The van der Waals surface area contributed by atoms with Gasteiger partial charge in [-0.3, -0.25) is 9.80 Å². The molecule has 4 rings (SSSR count). The van der Waals surface area contributed by atoms with Crippen molar-refractivity contribution < 1.29 is 9.47 Å². The molecule has 3 fully saturated rings. The second-order valence-corrected chi connectivity index (χ2v) is 9.51. The number of benzene rings is 1. The van der Waals surface area contributed by atoms with E-state index in [2.05, 4.69) is 32.9 Å². The van der Waals surface area contributed by atoms with Gasteiger partial charge in [0.1, 0.15) is 5.75 Å². The quantitative estimate of drug-likeness (QED) is 0.576. The number of methoxy groups -OCH3 is 1. The molecule has 168 valence electrons. The third kappa shape index (κ3) is 6.43. The Bertz CT molecular complexity index is 635. The number of hydrogen-bond donors (Lipinski definition) is 0. The van der Waals surface area contributed by atoms with Gasteiger partial charge in [0.2, 0.25) is 0 Å². The van der Waals surface area contributed by atoms with Gasteiger partial charge in [0.05, 0.1) is 13.7 Å². The lowest BCUT2D eigenvalue weighted by Crippen LogP contribution is -2.56. The predicted molar refractivity (Wildman–Crippen MR) is 122 cm³/mol. The van der Waals surface area contributed by atoms with E-state index < -0.39 is 0 Å². The highest BCUT2D eigenvalue weighted by Gasteiger charge is 2.32. The fourth-order valence-corrected chi connectivity index (χ4v) is 5.45. The van der Waals surface area contributed by atoms with Crippen LogP contribution in [0.3, 0.4) is 0 Å². The van der Waals surface area contributed by atoms with Crippen LogP contribution in [0.15, 0.2) is 24.3 Å². The summed E-state index contributed by atoms with van der Waals surface area (Å²) in [6.45, 7) is 11.5. The number of ether oxygens (including phenoxy) is 2. The molecule has 1 aromatic rings. The standard InChI is InChI=1S/C25H41N3O2/c1-29-25-8-5-7-22(17-25)18-27-14-15-28-19-23(9-10-24(28)20-27)21-30-16-6-13-26-11-3-2-4-12-26/h5,7-8,17,23-24H,2-4,6,9-16,18-21H2,1H3/t23-,24+/m1/s1. The monoisotopic (exact) mass is 415 g/mol. The van der Waals surface area contributed by atoms with Gasteiger partial charge in [-0.25, -0.2) is 0 Å². The summed E-state index contributed by atoms with van der Waals surface area (Å²) in [4.78, 5) is 7.96. The highest BCUT2D eigenvalue weighted by molar-refractivity contribution is 5.28. The summed E-state index contributed by atoms with van der Waals surface area (Å²) >= 11 is 0. The smallest absolute Gasteiger partial charge is 0.119 e. The normalized spacial score (nSPS) is 26.4. The van der Waals surface area contributed by atoms with E-state index >= 15 is 0 Å². The first kappa shape index (κ1) is 22.1. The molecule has 5 heteroatoms. The lowest BCUT2D eigenvalue weighted by Gasteiger charge is -2.46. The molecule has 1 aromatic carbocycles. The lowest BCUT2D eigenvalue weighted by atomic mass is 9.91. The second kappa shape index (κ2) is 11.5. The Labute approximate surface area is 183 Å². The van der Waals surface area contributed by atoms with Crippen molar-refractivity contribution in [3.8, 4) is 5.75 Å². The number of piperidine rings is 2. The van der Waals surface area contributed by atoms with Gasteiger partial charge in [0.15, 0.2) is 0 Å². The zero-order valence-electron chi connectivity index (χ0n) is 18.9. The molecule has 0 amide bonds. The number of rotatable bonds is 9. The van der Waals surface area contributed by atoms with Crippen LogP contribution < -0.4 is 4.74 Å². The maximum atomic E-state index is 6.09. The largest absolute Gasteiger partial charge is 0.497 e. The summed E-state index contributed by atoms with van der Waals surface area (Å²) in [5.74, 6) is 1.68. The van der Waals surface area contributed by atoms with Crippen molar-refractivity contribution >= 4 is 0 Å². The first-order valence-corrected chi connectivity index (χ1v) is 12.2. The van der Waals surface area contributed by atoms with Crippen molar-refractivity contribution in [2.75, 3.05) is 66.1 Å². The molecule has 3 heterocycles. The SMILES string of the molecule is COc1cccc(CN2CCN3C[C@H](COCCCN4CCCCC4)CC[C@H]3C2)c1. The summed E-state index contributed by atoms with van der Waals surface area (Å²) < 4.78 is 11.5. The van der Waals surface area contributed by atoms with Crippen LogP contribution in [0.5, 0.6) is 5.75 Å². The molecule has 30 heavy (non-hydrogen) atoms. The summed E-state index contributed by atoms with van der Waals surface area (Å²) in [6, 6.07) is 9.24. The molecule has 0 unspecified atom stereocenters. The van der Waals surface area contributed by atoms with E-state index in [9.17, 15) is 0 Å². The summed E-state index contributed by atoms with van der Waals surface area (Å²) in [6.07, 6.45) is 8.02. The van der Waals surface area contributed by atoms with Crippen LogP contribution in [0.1, 0.15) is 44.1 Å². The van der Waals surface area contributed by atoms with E-state index in [1.54, 1.807) is 7.11 Å². The molecule has 0 aromatic heterocycles. The molecule has 3 saturated heterocycles.